The van der Waals surface area contributed by atoms with Gasteiger partial charge in [0, 0.05) is 57.1 Å². The maximum Gasteiger partial charge on any atom is 0.223 e. The van der Waals surface area contributed by atoms with Gasteiger partial charge in [0.25, 0.3) is 0 Å². The summed E-state index contributed by atoms with van der Waals surface area (Å²) in [5.74, 6) is 4.76. The molecule has 1 amide bonds. The number of ether oxygens (including phenoxy) is 1. The first-order chi connectivity index (χ1) is 35.6. The molecule has 0 spiro atoms. The summed E-state index contributed by atoms with van der Waals surface area (Å²) < 4.78 is 5.35. The number of hydrogen-bond donors (Lipinski definition) is 5. The van der Waals surface area contributed by atoms with E-state index in [0.29, 0.717) is 63.9 Å². The number of piperidine rings is 2. The van der Waals surface area contributed by atoms with E-state index in [1.165, 1.54) is 129 Å². The molecular formula is C66H133N9O2. The van der Waals surface area contributed by atoms with E-state index in [1.54, 1.807) is 0 Å². The highest BCUT2D eigenvalue weighted by Crippen LogP contribution is 2.39. The van der Waals surface area contributed by atoms with Gasteiger partial charge in [-0.3, -0.25) is 4.79 Å². The number of carbonyl (C=O) groups is 1. The quantitative estimate of drug-likeness (QED) is 0.191. The minimum absolute atomic E-state index is 0.0909. The van der Waals surface area contributed by atoms with E-state index in [0.717, 1.165) is 69.1 Å². The molecule has 2 aliphatic carbocycles. The molecule has 8 aliphatic rings. The average Bonchev–Trinajstić information content (AvgIpc) is 4.21. The Bertz CT molecular complexity index is 1460. The van der Waals surface area contributed by atoms with Crippen molar-refractivity contribution < 1.29 is 9.53 Å². The van der Waals surface area contributed by atoms with Crippen LogP contribution >= 0.6 is 0 Å². The Morgan fingerprint density at radius 3 is 1.30 bits per heavy atom. The summed E-state index contributed by atoms with van der Waals surface area (Å²) in [4.78, 5) is 18.5. The highest BCUT2D eigenvalue weighted by Gasteiger charge is 2.35. The maximum absolute atomic E-state index is 12.4. The number of hydrogen-bond acceptors (Lipinski definition) is 10. The van der Waals surface area contributed by atoms with Crippen LogP contribution < -0.4 is 26.6 Å². The molecule has 6 heterocycles. The van der Waals surface area contributed by atoms with E-state index < -0.39 is 0 Å². The lowest BCUT2D eigenvalue weighted by Gasteiger charge is -2.43. The van der Waals surface area contributed by atoms with E-state index in [4.69, 9.17) is 4.74 Å². The molecule has 0 aromatic rings. The Balaban J connectivity index is 0.000000314. The van der Waals surface area contributed by atoms with Crippen LogP contribution in [-0.2, 0) is 9.53 Å². The third kappa shape index (κ3) is 30.4. The van der Waals surface area contributed by atoms with Crippen molar-refractivity contribution in [3.05, 3.63) is 0 Å². The van der Waals surface area contributed by atoms with Gasteiger partial charge in [-0.15, -0.1) is 5.11 Å². The molecular weight excluding hydrogens is 951 g/mol. The molecule has 5 saturated heterocycles. The van der Waals surface area contributed by atoms with Crippen LogP contribution in [-0.4, -0.2) is 114 Å². The van der Waals surface area contributed by atoms with E-state index in [1.807, 2.05) is 4.90 Å². The molecule has 8 rings (SSSR count). The van der Waals surface area contributed by atoms with Crippen LogP contribution in [0, 0.1) is 61.6 Å². The Hall–Kier alpha value is -1.50. The third-order valence-corrected chi connectivity index (χ3v) is 18.2. The molecule has 454 valence electrons. The molecule has 7 fully saturated rings. The van der Waals surface area contributed by atoms with Crippen molar-refractivity contribution in [3.63, 3.8) is 0 Å². The zero-order valence-electron chi connectivity index (χ0n) is 55.2. The molecule has 77 heavy (non-hydrogen) atoms. The van der Waals surface area contributed by atoms with E-state index >= 15 is 0 Å². The number of nitrogens with one attached hydrogen (secondary N) is 5. The average molecular weight is 1080 g/mol. The summed E-state index contributed by atoms with van der Waals surface area (Å²) in [6.07, 6.45) is 22.6. The van der Waals surface area contributed by atoms with Gasteiger partial charge in [-0.25, -0.2) is 4.99 Å². The number of morpholine rings is 1. The Morgan fingerprint density at radius 2 is 0.948 bits per heavy atom. The number of amides is 1. The fourth-order valence-corrected chi connectivity index (χ4v) is 12.1. The number of nitrogens with zero attached hydrogens (tertiary/aromatic N) is 4. The lowest BCUT2D eigenvalue weighted by atomic mass is 9.72. The number of aliphatic imine (C=N–C) groups is 1. The number of azo groups is 1. The van der Waals surface area contributed by atoms with Crippen LogP contribution in [0.25, 0.3) is 0 Å². The summed E-state index contributed by atoms with van der Waals surface area (Å²) in [7, 11) is 0. The van der Waals surface area contributed by atoms with Crippen molar-refractivity contribution in [2.75, 3.05) is 78.8 Å². The predicted octanol–water partition coefficient (Wildman–Crippen LogP) is 15.1. The van der Waals surface area contributed by atoms with Crippen molar-refractivity contribution in [2.45, 2.75) is 273 Å². The number of piperazine rings is 1. The second-order valence-electron chi connectivity index (χ2n) is 31.9. The van der Waals surface area contributed by atoms with Crippen LogP contribution in [0.2, 0.25) is 0 Å². The van der Waals surface area contributed by atoms with Gasteiger partial charge in [0.1, 0.15) is 5.84 Å². The minimum atomic E-state index is 0.0909. The lowest BCUT2D eigenvalue weighted by Crippen LogP contribution is -2.58. The Labute approximate surface area is 479 Å². The molecule has 0 radical (unpaired) electrons. The first-order valence-corrected chi connectivity index (χ1v) is 32.0. The molecule has 6 aliphatic heterocycles. The summed E-state index contributed by atoms with van der Waals surface area (Å²) in [6.45, 7) is 60.3. The molecule has 4 atom stereocenters. The van der Waals surface area contributed by atoms with E-state index in [-0.39, 0.29) is 17.4 Å². The van der Waals surface area contributed by atoms with Crippen molar-refractivity contribution in [1.82, 2.24) is 31.5 Å². The van der Waals surface area contributed by atoms with Crippen LogP contribution in [0.5, 0.6) is 0 Å². The SMILES string of the molecule is CC(C)(C)C1CCCC1.CC(C)(C)C1CCCCC1.CC(C)(C)C1CCCCN1.CC(C)(C)C1CCNC1.CC(C)(C)C1CCNCC1.CC(C)(C)C1CNCCN1C(=O)CCC1=NCN=N1.CC(C)(C)C1COCCN1. The number of carbonyl (C=O) groups excluding carboxylic acids is 1. The summed E-state index contributed by atoms with van der Waals surface area (Å²) in [5.41, 5.74) is 3.08. The van der Waals surface area contributed by atoms with Crippen LogP contribution in [0.15, 0.2) is 15.2 Å². The number of amidine groups is 1. The first kappa shape index (κ1) is 71.6. The topological polar surface area (TPSA) is 127 Å². The zero-order valence-corrected chi connectivity index (χ0v) is 55.2. The van der Waals surface area contributed by atoms with Crippen molar-refractivity contribution in [2.24, 2.45) is 76.8 Å². The monoisotopic (exact) mass is 1080 g/mol. The standard InChI is InChI=1S/C13H23N5O.C10H20.2C9H19N.C9H18.C8H17NO.C8H17N/c1-13(2,3)10-8-14-6-7-18(10)12(19)5-4-11-15-9-16-17-11;1-10(2,3)9-7-5-4-6-8-9;1-9(2,3)8-4-6-10-7-5-8;1-9(2,3)8-6-4-5-7-10-8;1-9(2,3)8-6-4-5-7-8;1-8(2,3)7-6-10-5-4-9-7;1-8(2,3)7-4-5-9-6-7/h10,14H,4-9H2,1-3H3;9H,4-8H2,1-3H3;2*8,10H,4-7H2,1-3H3;8H,4-7H2,1-3H3;7,9H,4-6H2,1-3H3;7,9H,4-6H2,1-3H3. The molecule has 5 N–H and O–H groups in total. The van der Waals surface area contributed by atoms with Crippen LogP contribution in [0.3, 0.4) is 0 Å². The first-order valence-electron chi connectivity index (χ1n) is 32.0. The lowest BCUT2D eigenvalue weighted by molar-refractivity contribution is -0.136. The second-order valence-corrected chi connectivity index (χ2v) is 31.9. The Morgan fingerprint density at radius 1 is 0.481 bits per heavy atom. The maximum atomic E-state index is 12.4. The zero-order chi connectivity index (χ0) is 58.1. The molecule has 11 heteroatoms. The van der Waals surface area contributed by atoms with Gasteiger partial charge in [0.15, 0.2) is 6.67 Å². The molecule has 0 aromatic heterocycles. The van der Waals surface area contributed by atoms with Crippen LogP contribution in [0.4, 0.5) is 0 Å². The highest BCUT2D eigenvalue weighted by atomic mass is 16.5. The Kier molecular flexibility index (Phi) is 31.8. The summed E-state index contributed by atoms with van der Waals surface area (Å²) in [5, 5.41) is 24.8. The van der Waals surface area contributed by atoms with Crippen molar-refractivity contribution in [1.29, 1.82) is 0 Å². The van der Waals surface area contributed by atoms with Crippen LogP contribution in [0.1, 0.15) is 255 Å². The van der Waals surface area contributed by atoms with Crippen molar-refractivity contribution >= 4 is 11.7 Å². The predicted molar refractivity (Wildman–Crippen MR) is 334 cm³/mol. The summed E-state index contributed by atoms with van der Waals surface area (Å²) >= 11 is 0. The summed E-state index contributed by atoms with van der Waals surface area (Å²) in [6, 6.07) is 1.53. The molecule has 0 aromatic carbocycles. The van der Waals surface area contributed by atoms with Gasteiger partial charge in [0.05, 0.1) is 13.2 Å². The third-order valence-electron chi connectivity index (χ3n) is 18.2. The molecule has 2 saturated carbocycles. The smallest absolute Gasteiger partial charge is 0.223 e. The van der Waals surface area contributed by atoms with Gasteiger partial charge in [-0.05, 0) is 152 Å². The van der Waals surface area contributed by atoms with E-state index in [9.17, 15) is 4.79 Å². The number of rotatable bonds is 3. The van der Waals surface area contributed by atoms with Gasteiger partial charge >= 0.3 is 0 Å². The second kappa shape index (κ2) is 34.2. The normalized spacial score (nSPS) is 25.3. The minimum Gasteiger partial charge on any atom is -0.378 e. The van der Waals surface area contributed by atoms with Gasteiger partial charge in [0.2, 0.25) is 5.91 Å². The highest BCUT2D eigenvalue weighted by molar-refractivity contribution is 5.88. The van der Waals surface area contributed by atoms with Gasteiger partial charge in [-0.2, -0.15) is 5.11 Å². The fourth-order valence-electron chi connectivity index (χ4n) is 12.1. The van der Waals surface area contributed by atoms with E-state index in [2.05, 4.69) is 187 Å². The molecule has 4 unspecified atom stereocenters. The van der Waals surface area contributed by atoms with Gasteiger partial charge < -0.3 is 36.2 Å². The van der Waals surface area contributed by atoms with Crippen molar-refractivity contribution in [3.8, 4) is 0 Å². The fraction of sp³-hybridized carbons (Fsp3) is 0.970. The molecule has 11 nitrogen and oxygen atoms in total. The molecule has 0 bridgehead atoms. The largest absolute Gasteiger partial charge is 0.378 e. The van der Waals surface area contributed by atoms with Gasteiger partial charge in [-0.1, -0.05) is 184 Å².